The number of nitrogens with one attached hydrogen (secondary N) is 1. The molecule has 0 aliphatic rings. The highest BCUT2D eigenvalue weighted by Gasteiger charge is 2.18. The first-order chi connectivity index (χ1) is 11.3. The van der Waals surface area contributed by atoms with Gasteiger partial charge in [-0.1, -0.05) is 11.6 Å². The highest BCUT2D eigenvalue weighted by molar-refractivity contribution is 6.32. The number of carbonyl (C=O) groups excluding carboxylic acids is 1. The Morgan fingerprint density at radius 2 is 2.08 bits per heavy atom. The number of aliphatic hydroxyl groups excluding tert-OH is 1. The molecular weight excluding hydrogens is 334 g/mol. The second kappa shape index (κ2) is 7.68. The van der Waals surface area contributed by atoms with E-state index >= 15 is 0 Å². The van der Waals surface area contributed by atoms with Crippen LogP contribution in [-0.4, -0.2) is 30.3 Å². The first kappa shape index (κ1) is 18.3. The molecule has 0 radical (unpaired) electrons. The van der Waals surface area contributed by atoms with Gasteiger partial charge in [-0.15, -0.1) is 0 Å². The summed E-state index contributed by atoms with van der Waals surface area (Å²) in [6.07, 6.45) is -0.309. The molecule has 0 unspecified atom stereocenters. The smallest absolute Gasteiger partial charge is 0.339 e. The zero-order valence-corrected chi connectivity index (χ0v) is 14.6. The summed E-state index contributed by atoms with van der Waals surface area (Å²) < 4.78 is 10.9. The number of benzene rings is 1. The molecule has 1 heterocycles. The molecule has 0 saturated heterocycles. The third-order valence-corrected chi connectivity index (χ3v) is 4.11. The van der Waals surface area contributed by atoms with Crippen LogP contribution in [0.4, 0.5) is 0 Å². The number of aliphatic hydroxyl groups is 1. The van der Waals surface area contributed by atoms with Crippen LogP contribution in [0.25, 0.3) is 11.0 Å². The lowest BCUT2D eigenvalue weighted by molar-refractivity contribution is -0.127. The second-order valence-electron chi connectivity index (χ2n) is 5.55. The summed E-state index contributed by atoms with van der Waals surface area (Å²) in [5.41, 5.74) is 1.27. The molecule has 1 aromatic carbocycles. The Morgan fingerprint density at radius 1 is 1.38 bits per heavy atom. The van der Waals surface area contributed by atoms with Crippen LogP contribution in [0, 0.1) is 13.8 Å². The predicted molar refractivity (Wildman–Crippen MR) is 91.8 cm³/mol. The molecule has 1 aromatic heterocycles. The standard InChI is InChI=1S/C17H20ClNO5/c1-9-10(2)17(22)24-14-8-15(13(18)7-12(9)14)23-11(3)16(21)19-5-4-6-20/h7-8,11,20H,4-6H2,1-3H3,(H,19,21)/t11-/m1/s1. The van der Waals surface area contributed by atoms with Gasteiger partial charge >= 0.3 is 5.63 Å². The van der Waals surface area contributed by atoms with E-state index in [9.17, 15) is 9.59 Å². The van der Waals surface area contributed by atoms with Gasteiger partial charge in [-0.3, -0.25) is 4.79 Å². The van der Waals surface area contributed by atoms with Crippen LogP contribution in [-0.2, 0) is 4.79 Å². The predicted octanol–water partition coefficient (Wildman–Crippen LogP) is 2.33. The Hall–Kier alpha value is -2.05. The molecule has 0 aliphatic carbocycles. The maximum Gasteiger partial charge on any atom is 0.339 e. The molecule has 2 rings (SSSR count). The third-order valence-electron chi connectivity index (χ3n) is 3.82. The van der Waals surface area contributed by atoms with Crippen molar-refractivity contribution in [3.05, 3.63) is 38.7 Å². The van der Waals surface area contributed by atoms with E-state index < -0.39 is 11.7 Å². The summed E-state index contributed by atoms with van der Waals surface area (Å²) in [6.45, 7) is 5.47. The van der Waals surface area contributed by atoms with Crippen LogP contribution in [0.1, 0.15) is 24.5 Å². The van der Waals surface area contributed by atoms with Crippen molar-refractivity contribution in [2.24, 2.45) is 0 Å². The minimum atomic E-state index is -0.781. The van der Waals surface area contributed by atoms with Crippen molar-refractivity contribution in [1.29, 1.82) is 0 Å². The summed E-state index contributed by atoms with van der Waals surface area (Å²) in [4.78, 5) is 23.7. The molecule has 6 nitrogen and oxygen atoms in total. The van der Waals surface area contributed by atoms with E-state index in [4.69, 9.17) is 25.9 Å². The first-order valence-corrected chi connectivity index (χ1v) is 8.01. The fraction of sp³-hybridized carbons (Fsp3) is 0.412. The lowest BCUT2D eigenvalue weighted by Gasteiger charge is -2.16. The van der Waals surface area contributed by atoms with Crippen molar-refractivity contribution in [2.45, 2.75) is 33.3 Å². The van der Waals surface area contributed by atoms with Crippen LogP contribution in [0.15, 0.2) is 21.3 Å². The fourth-order valence-corrected chi connectivity index (χ4v) is 2.42. The van der Waals surface area contributed by atoms with Crippen molar-refractivity contribution >= 4 is 28.5 Å². The number of halogens is 1. The largest absolute Gasteiger partial charge is 0.479 e. The molecule has 0 spiro atoms. The van der Waals surface area contributed by atoms with Gasteiger partial charge < -0.3 is 19.6 Å². The minimum absolute atomic E-state index is 0.00379. The van der Waals surface area contributed by atoms with Gasteiger partial charge in [0.25, 0.3) is 5.91 Å². The van der Waals surface area contributed by atoms with Gasteiger partial charge in [0, 0.05) is 30.2 Å². The van der Waals surface area contributed by atoms with E-state index in [0.29, 0.717) is 29.1 Å². The van der Waals surface area contributed by atoms with Crippen molar-refractivity contribution in [2.75, 3.05) is 13.2 Å². The van der Waals surface area contributed by atoms with Gasteiger partial charge in [0.05, 0.1) is 5.02 Å². The van der Waals surface area contributed by atoms with E-state index in [2.05, 4.69) is 5.32 Å². The van der Waals surface area contributed by atoms with Gasteiger partial charge in [-0.05, 0) is 38.8 Å². The summed E-state index contributed by atoms with van der Waals surface area (Å²) >= 11 is 6.23. The molecule has 7 heteroatoms. The van der Waals surface area contributed by atoms with Gasteiger partial charge in [0.2, 0.25) is 0 Å². The van der Waals surface area contributed by atoms with Gasteiger partial charge in [0.15, 0.2) is 6.10 Å². The maximum atomic E-state index is 11.9. The summed E-state index contributed by atoms with van der Waals surface area (Å²) in [7, 11) is 0. The SMILES string of the molecule is Cc1c(C)c2cc(Cl)c(O[C@H](C)C(=O)NCCCO)cc2oc1=O. The Labute approximate surface area is 144 Å². The van der Waals surface area contributed by atoms with Crippen molar-refractivity contribution < 1.29 is 19.1 Å². The Kier molecular flexibility index (Phi) is 5.85. The number of ether oxygens (including phenoxy) is 1. The number of carbonyl (C=O) groups is 1. The number of fused-ring (bicyclic) bond motifs is 1. The molecule has 24 heavy (non-hydrogen) atoms. The fourth-order valence-electron chi connectivity index (χ4n) is 2.21. The lowest BCUT2D eigenvalue weighted by atomic mass is 10.1. The summed E-state index contributed by atoms with van der Waals surface area (Å²) in [5, 5.41) is 12.4. The maximum absolute atomic E-state index is 11.9. The number of aryl methyl sites for hydroxylation is 1. The van der Waals surface area contributed by atoms with Crippen LogP contribution >= 0.6 is 11.6 Å². The lowest BCUT2D eigenvalue weighted by Crippen LogP contribution is -2.37. The quantitative estimate of drug-likeness (QED) is 0.614. The molecule has 2 aromatic rings. The molecule has 2 N–H and O–H groups in total. The van der Waals surface area contributed by atoms with Gasteiger partial charge in [-0.25, -0.2) is 4.79 Å². The van der Waals surface area contributed by atoms with Crippen molar-refractivity contribution in [3.8, 4) is 5.75 Å². The Balaban J connectivity index is 2.26. The van der Waals surface area contributed by atoms with E-state index in [-0.39, 0.29) is 18.3 Å². The second-order valence-corrected chi connectivity index (χ2v) is 5.95. The van der Waals surface area contributed by atoms with Crippen LogP contribution < -0.4 is 15.7 Å². The van der Waals surface area contributed by atoms with Crippen LogP contribution in [0.2, 0.25) is 5.02 Å². The van der Waals surface area contributed by atoms with E-state index in [0.717, 1.165) is 10.9 Å². The average molecular weight is 354 g/mol. The highest BCUT2D eigenvalue weighted by Crippen LogP contribution is 2.32. The number of hydrogen-bond acceptors (Lipinski definition) is 5. The van der Waals surface area contributed by atoms with E-state index in [1.165, 1.54) is 6.07 Å². The molecule has 130 valence electrons. The molecule has 1 atom stereocenters. The van der Waals surface area contributed by atoms with Gasteiger partial charge in [0.1, 0.15) is 11.3 Å². The van der Waals surface area contributed by atoms with Crippen LogP contribution in [0.5, 0.6) is 5.75 Å². The first-order valence-electron chi connectivity index (χ1n) is 7.64. The highest BCUT2D eigenvalue weighted by atomic mass is 35.5. The zero-order chi connectivity index (χ0) is 17.9. The molecule has 0 saturated carbocycles. The average Bonchev–Trinajstić information content (AvgIpc) is 2.54. The van der Waals surface area contributed by atoms with Crippen molar-refractivity contribution in [1.82, 2.24) is 5.32 Å². The number of hydrogen-bond donors (Lipinski definition) is 2. The normalized spacial score (nSPS) is 12.2. The molecule has 0 aliphatic heterocycles. The molecule has 0 fully saturated rings. The molecule has 0 bridgehead atoms. The molecular formula is C17H20ClNO5. The minimum Gasteiger partial charge on any atom is -0.479 e. The molecule has 1 amide bonds. The summed E-state index contributed by atoms with van der Waals surface area (Å²) in [5.74, 6) is -0.0541. The monoisotopic (exact) mass is 353 g/mol. The summed E-state index contributed by atoms with van der Waals surface area (Å²) in [6, 6.07) is 3.18. The number of amides is 1. The van der Waals surface area contributed by atoms with Crippen molar-refractivity contribution in [3.63, 3.8) is 0 Å². The van der Waals surface area contributed by atoms with Crippen LogP contribution in [0.3, 0.4) is 0 Å². The topological polar surface area (TPSA) is 88.8 Å². The van der Waals surface area contributed by atoms with Gasteiger partial charge in [-0.2, -0.15) is 0 Å². The Bertz CT molecular complexity index is 815. The third kappa shape index (κ3) is 3.88. The van der Waals surface area contributed by atoms with E-state index in [1.807, 2.05) is 6.92 Å². The Morgan fingerprint density at radius 3 is 2.75 bits per heavy atom. The van der Waals surface area contributed by atoms with E-state index in [1.54, 1.807) is 19.9 Å². The number of rotatable bonds is 6. The zero-order valence-electron chi connectivity index (χ0n) is 13.8.